The van der Waals surface area contributed by atoms with Crippen LogP contribution in [0, 0.1) is 0 Å². The number of rotatable bonds is 4. The lowest BCUT2D eigenvalue weighted by Crippen LogP contribution is -2.56. The Kier molecular flexibility index (Phi) is 4.12. The second-order valence-electron chi connectivity index (χ2n) is 5.95. The molecule has 3 N–H and O–H groups in total. The number of hydrogen-bond donors (Lipinski definition) is 3. The molecule has 1 heterocycles. The molecule has 0 aliphatic carbocycles. The van der Waals surface area contributed by atoms with E-state index in [0.717, 1.165) is 10.8 Å². The van der Waals surface area contributed by atoms with Crippen molar-refractivity contribution in [3.8, 4) is 0 Å². The first-order valence-corrected chi connectivity index (χ1v) is 9.44. The average Bonchev–Trinajstić information content (AvgIpc) is 2.88. The van der Waals surface area contributed by atoms with Crippen LogP contribution in [-0.4, -0.2) is 37.4 Å². The number of fused-ring (bicyclic) bond motifs is 1. The first kappa shape index (κ1) is 16.3. The van der Waals surface area contributed by atoms with E-state index in [9.17, 15) is 13.2 Å². The lowest BCUT2D eigenvalue weighted by molar-refractivity contribution is -0.123. The predicted molar refractivity (Wildman–Crippen MR) is 93.3 cm³/mol. The molecule has 3 rings (SSSR count). The zero-order chi connectivity index (χ0) is 16.7. The van der Waals surface area contributed by atoms with E-state index >= 15 is 0 Å². The molecule has 2 aromatic carbocycles. The average molecular weight is 350 g/mol. The fraction of sp³-hybridized carbons (Fsp3) is 0.312. The quantitative estimate of drug-likeness (QED) is 0.721. The van der Waals surface area contributed by atoms with Gasteiger partial charge in [-0.15, -0.1) is 0 Å². The molecule has 1 aliphatic rings. The Morgan fingerprint density at radius 3 is 2.57 bits per heavy atom. The summed E-state index contributed by atoms with van der Waals surface area (Å²) in [4.78, 5) is 12.0. The molecule has 1 saturated heterocycles. The van der Waals surface area contributed by atoms with Crippen molar-refractivity contribution in [1.82, 2.24) is 5.32 Å². The van der Waals surface area contributed by atoms with E-state index in [1.54, 1.807) is 18.2 Å². The maximum Gasteiger partial charge on any atom is 0.238 e. The number of amides is 1. The Morgan fingerprint density at radius 1 is 1.26 bits per heavy atom. The van der Waals surface area contributed by atoms with Crippen LogP contribution in [0.15, 0.2) is 47.4 Å². The van der Waals surface area contributed by atoms with E-state index < -0.39 is 21.3 Å². The van der Waals surface area contributed by atoms with Gasteiger partial charge in [-0.2, -0.15) is 12.6 Å². The molecule has 0 saturated carbocycles. The molecule has 122 valence electrons. The summed E-state index contributed by atoms with van der Waals surface area (Å²) < 4.78 is 25.6. The van der Waals surface area contributed by atoms with Crippen molar-refractivity contribution in [1.29, 1.82) is 0 Å². The van der Waals surface area contributed by atoms with Gasteiger partial charge in [0.2, 0.25) is 5.91 Å². The fourth-order valence-electron chi connectivity index (χ4n) is 3.00. The highest BCUT2D eigenvalue weighted by Crippen LogP contribution is 2.28. The molecule has 5 nitrogen and oxygen atoms in total. The maximum atomic E-state index is 12.8. The van der Waals surface area contributed by atoms with Gasteiger partial charge in [-0.05, 0) is 29.3 Å². The Balaban J connectivity index is 1.98. The minimum absolute atomic E-state index is 0.0886. The maximum absolute atomic E-state index is 12.8. The van der Waals surface area contributed by atoms with Crippen molar-refractivity contribution in [3.05, 3.63) is 42.5 Å². The van der Waals surface area contributed by atoms with Crippen molar-refractivity contribution in [2.75, 3.05) is 12.3 Å². The summed E-state index contributed by atoms with van der Waals surface area (Å²) in [5.41, 5.74) is 4.22. The predicted octanol–water partition coefficient (Wildman–Crippen LogP) is 1.13. The fourth-order valence-corrected chi connectivity index (χ4v) is 5.16. The molecule has 1 fully saturated rings. The third-order valence-electron chi connectivity index (χ3n) is 4.25. The highest BCUT2D eigenvalue weighted by Gasteiger charge is 2.46. The smallest absolute Gasteiger partial charge is 0.238 e. The molecule has 7 heteroatoms. The van der Waals surface area contributed by atoms with Gasteiger partial charge in [0.1, 0.15) is 5.54 Å². The highest BCUT2D eigenvalue weighted by atomic mass is 32.2. The number of hydrogen-bond acceptors (Lipinski definition) is 5. The lowest BCUT2D eigenvalue weighted by atomic mass is 9.99. The molecule has 0 unspecified atom stereocenters. The first-order chi connectivity index (χ1) is 10.8. The van der Waals surface area contributed by atoms with Crippen LogP contribution in [0.5, 0.6) is 0 Å². The van der Waals surface area contributed by atoms with Gasteiger partial charge in [0.25, 0.3) is 0 Å². The second kappa shape index (κ2) is 5.81. The van der Waals surface area contributed by atoms with Gasteiger partial charge in [0, 0.05) is 11.8 Å². The van der Waals surface area contributed by atoms with Crippen LogP contribution < -0.4 is 11.1 Å². The largest absolute Gasteiger partial charge is 0.368 e. The van der Waals surface area contributed by atoms with E-state index in [-0.39, 0.29) is 15.9 Å². The SMILES string of the molecule is NC(=O)[C@]1(CS(=O)(=O)c2ccc3ccccc3c2)C[C@@H](S)CN1. The van der Waals surface area contributed by atoms with Gasteiger partial charge < -0.3 is 11.1 Å². The van der Waals surface area contributed by atoms with E-state index in [2.05, 4.69) is 17.9 Å². The number of benzene rings is 2. The van der Waals surface area contributed by atoms with Crippen LogP contribution in [0.1, 0.15) is 6.42 Å². The Hall–Kier alpha value is -1.57. The molecule has 1 aliphatic heterocycles. The number of nitrogens with two attached hydrogens (primary N) is 1. The number of primary amides is 1. The lowest BCUT2D eigenvalue weighted by Gasteiger charge is -2.25. The topological polar surface area (TPSA) is 89.3 Å². The number of nitrogens with one attached hydrogen (secondary N) is 1. The molecule has 2 aromatic rings. The minimum Gasteiger partial charge on any atom is -0.368 e. The highest BCUT2D eigenvalue weighted by molar-refractivity contribution is 7.91. The third-order valence-corrected chi connectivity index (χ3v) is 6.46. The Morgan fingerprint density at radius 2 is 1.96 bits per heavy atom. The number of sulfone groups is 1. The standard InChI is InChI=1S/C16H18N2O3S2/c17-15(19)16(8-13(22)9-18-16)10-23(20,21)14-6-5-11-3-1-2-4-12(11)7-14/h1-7,13,18,22H,8-10H2,(H2,17,19)/t13-,16-/m1/s1. The van der Waals surface area contributed by atoms with Gasteiger partial charge in [0.05, 0.1) is 10.6 Å². The molecule has 0 aromatic heterocycles. The monoisotopic (exact) mass is 350 g/mol. The minimum atomic E-state index is -3.66. The Labute approximate surface area is 140 Å². The summed E-state index contributed by atoms with van der Waals surface area (Å²) in [6.45, 7) is 0.458. The number of carbonyl (C=O) groups excluding carboxylic acids is 1. The number of carbonyl (C=O) groups is 1. The Bertz CT molecular complexity index is 867. The molecule has 0 bridgehead atoms. The van der Waals surface area contributed by atoms with Gasteiger partial charge in [0.15, 0.2) is 9.84 Å². The van der Waals surface area contributed by atoms with Crippen LogP contribution in [0.4, 0.5) is 0 Å². The van der Waals surface area contributed by atoms with Crippen molar-refractivity contribution in [3.63, 3.8) is 0 Å². The first-order valence-electron chi connectivity index (χ1n) is 7.27. The van der Waals surface area contributed by atoms with Crippen molar-refractivity contribution in [2.24, 2.45) is 5.73 Å². The van der Waals surface area contributed by atoms with E-state index in [4.69, 9.17) is 5.73 Å². The summed E-state index contributed by atoms with van der Waals surface area (Å²) in [5.74, 6) is -1.01. The summed E-state index contributed by atoms with van der Waals surface area (Å²) in [5, 5.41) is 4.67. The summed E-state index contributed by atoms with van der Waals surface area (Å²) >= 11 is 4.32. The van der Waals surface area contributed by atoms with Gasteiger partial charge in [-0.25, -0.2) is 8.42 Å². The molecule has 0 radical (unpaired) electrons. The van der Waals surface area contributed by atoms with Gasteiger partial charge in [-0.1, -0.05) is 30.3 Å². The third kappa shape index (κ3) is 3.08. The second-order valence-corrected chi connectivity index (χ2v) is 8.67. The molecule has 2 atom stereocenters. The van der Waals surface area contributed by atoms with Crippen LogP contribution in [-0.2, 0) is 14.6 Å². The molecule has 0 spiro atoms. The van der Waals surface area contributed by atoms with E-state index in [0.29, 0.717) is 13.0 Å². The summed E-state index contributed by atoms with van der Waals surface area (Å²) in [6, 6.07) is 12.5. The van der Waals surface area contributed by atoms with Crippen molar-refractivity contribution >= 4 is 39.1 Å². The summed E-state index contributed by atoms with van der Waals surface area (Å²) in [7, 11) is -3.66. The number of thiol groups is 1. The van der Waals surface area contributed by atoms with Crippen LogP contribution in [0.3, 0.4) is 0 Å². The normalized spacial score (nSPS) is 24.8. The zero-order valence-corrected chi connectivity index (χ0v) is 14.1. The molecular weight excluding hydrogens is 332 g/mol. The van der Waals surface area contributed by atoms with Crippen LogP contribution in [0.2, 0.25) is 0 Å². The van der Waals surface area contributed by atoms with Gasteiger partial charge in [-0.3, -0.25) is 4.79 Å². The molecular formula is C16H18N2O3S2. The summed E-state index contributed by atoms with van der Waals surface area (Å²) in [6.07, 6.45) is 0.304. The molecule has 23 heavy (non-hydrogen) atoms. The van der Waals surface area contributed by atoms with Gasteiger partial charge >= 0.3 is 0 Å². The zero-order valence-electron chi connectivity index (χ0n) is 12.4. The van der Waals surface area contributed by atoms with Crippen LogP contribution >= 0.6 is 12.6 Å². The van der Waals surface area contributed by atoms with Crippen molar-refractivity contribution < 1.29 is 13.2 Å². The van der Waals surface area contributed by atoms with E-state index in [1.807, 2.05) is 24.3 Å². The molecule has 1 amide bonds. The van der Waals surface area contributed by atoms with E-state index in [1.165, 1.54) is 0 Å². The van der Waals surface area contributed by atoms with Crippen molar-refractivity contribution in [2.45, 2.75) is 22.1 Å². The van der Waals surface area contributed by atoms with Crippen LogP contribution in [0.25, 0.3) is 10.8 Å².